The van der Waals surface area contributed by atoms with Crippen LogP contribution in [-0.4, -0.2) is 56.0 Å². The van der Waals surface area contributed by atoms with Gasteiger partial charge in [-0.3, -0.25) is 9.79 Å². The Bertz CT molecular complexity index is 647. The number of anilines is 1. The molecule has 1 saturated heterocycles. The van der Waals surface area contributed by atoms with Crippen molar-refractivity contribution in [3.8, 4) is 0 Å². The molecule has 0 saturated carbocycles. The molecular formula is C20H33ClIN5O. The van der Waals surface area contributed by atoms with Crippen LogP contribution >= 0.6 is 35.6 Å². The fourth-order valence-corrected chi connectivity index (χ4v) is 3.52. The van der Waals surface area contributed by atoms with E-state index in [1.165, 1.54) is 13.0 Å². The highest BCUT2D eigenvalue weighted by Gasteiger charge is 2.19. The first-order valence-corrected chi connectivity index (χ1v) is 10.1. The minimum Gasteiger partial charge on any atom is -0.356 e. The zero-order chi connectivity index (χ0) is 19.6. The SMILES string of the molecule is CCCN1CCC(NC(=NC)NCCC(=O)Nc2ccc(C)cc2Cl)CC1.I. The van der Waals surface area contributed by atoms with Crippen molar-refractivity contribution < 1.29 is 4.79 Å². The van der Waals surface area contributed by atoms with Crippen molar-refractivity contribution in [2.75, 3.05) is 38.5 Å². The summed E-state index contributed by atoms with van der Waals surface area (Å²) in [6.07, 6.45) is 3.79. The van der Waals surface area contributed by atoms with Gasteiger partial charge in [-0.2, -0.15) is 0 Å². The topological polar surface area (TPSA) is 68.8 Å². The second kappa shape index (κ2) is 13.2. The number of aryl methyl sites for hydroxylation is 1. The van der Waals surface area contributed by atoms with E-state index in [2.05, 4.69) is 32.8 Å². The number of aliphatic imine (C=N–C) groups is 1. The van der Waals surface area contributed by atoms with E-state index in [1.807, 2.05) is 25.1 Å². The first-order valence-electron chi connectivity index (χ1n) is 9.77. The molecule has 2 rings (SSSR count). The molecule has 0 atom stereocenters. The van der Waals surface area contributed by atoms with Gasteiger partial charge in [0.25, 0.3) is 0 Å². The normalized spacial score (nSPS) is 15.6. The largest absolute Gasteiger partial charge is 0.356 e. The van der Waals surface area contributed by atoms with Gasteiger partial charge < -0.3 is 20.9 Å². The second-order valence-electron chi connectivity index (χ2n) is 7.04. The summed E-state index contributed by atoms with van der Waals surface area (Å²) >= 11 is 6.16. The maximum Gasteiger partial charge on any atom is 0.226 e. The van der Waals surface area contributed by atoms with Crippen LogP contribution in [0.1, 0.15) is 38.2 Å². The number of carbonyl (C=O) groups excluding carboxylic acids is 1. The van der Waals surface area contributed by atoms with Gasteiger partial charge in [-0.1, -0.05) is 24.6 Å². The molecule has 0 unspecified atom stereocenters. The summed E-state index contributed by atoms with van der Waals surface area (Å²) < 4.78 is 0. The quantitative estimate of drug-likeness (QED) is 0.291. The number of nitrogens with one attached hydrogen (secondary N) is 3. The van der Waals surface area contributed by atoms with Gasteiger partial charge >= 0.3 is 0 Å². The fourth-order valence-electron chi connectivity index (χ4n) is 3.23. The Hall–Kier alpha value is -1.06. The Labute approximate surface area is 190 Å². The highest BCUT2D eigenvalue weighted by molar-refractivity contribution is 14.0. The Morgan fingerprint density at radius 2 is 2.04 bits per heavy atom. The van der Waals surface area contributed by atoms with Crippen LogP contribution in [0.2, 0.25) is 5.02 Å². The van der Waals surface area contributed by atoms with Gasteiger partial charge in [-0.25, -0.2) is 0 Å². The van der Waals surface area contributed by atoms with Crippen LogP contribution in [0, 0.1) is 6.92 Å². The summed E-state index contributed by atoms with van der Waals surface area (Å²) in [5.74, 6) is 0.682. The molecule has 0 radical (unpaired) electrons. The first kappa shape index (κ1) is 25.0. The number of amides is 1. The highest BCUT2D eigenvalue weighted by Crippen LogP contribution is 2.22. The summed E-state index contributed by atoms with van der Waals surface area (Å²) in [6.45, 7) is 8.14. The molecule has 8 heteroatoms. The van der Waals surface area contributed by atoms with Crippen molar-refractivity contribution in [1.29, 1.82) is 0 Å². The van der Waals surface area contributed by atoms with E-state index in [9.17, 15) is 4.79 Å². The van der Waals surface area contributed by atoms with Crippen molar-refractivity contribution in [1.82, 2.24) is 15.5 Å². The third kappa shape index (κ3) is 8.53. The van der Waals surface area contributed by atoms with Gasteiger partial charge in [0, 0.05) is 39.1 Å². The van der Waals surface area contributed by atoms with Crippen molar-refractivity contribution in [2.45, 2.75) is 45.6 Å². The average Bonchev–Trinajstić information content (AvgIpc) is 2.65. The van der Waals surface area contributed by atoms with Crippen LogP contribution in [0.3, 0.4) is 0 Å². The van der Waals surface area contributed by atoms with Crippen LogP contribution in [0.25, 0.3) is 0 Å². The maximum atomic E-state index is 12.1. The van der Waals surface area contributed by atoms with E-state index in [1.54, 1.807) is 7.05 Å². The lowest BCUT2D eigenvalue weighted by Crippen LogP contribution is -2.49. The third-order valence-electron chi connectivity index (χ3n) is 4.74. The Morgan fingerprint density at radius 1 is 1.32 bits per heavy atom. The molecule has 1 aromatic carbocycles. The Kier molecular flexibility index (Phi) is 11.8. The molecule has 0 bridgehead atoms. The predicted molar refractivity (Wildman–Crippen MR) is 129 cm³/mol. The molecule has 1 amide bonds. The van der Waals surface area contributed by atoms with Crippen LogP contribution in [-0.2, 0) is 4.79 Å². The summed E-state index contributed by atoms with van der Waals surface area (Å²) in [5, 5.41) is 10.1. The molecule has 1 fully saturated rings. The smallest absolute Gasteiger partial charge is 0.226 e. The van der Waals surface area contributed by atoms with Crippen LogP contribution in [0.15, 0.2) is 23.2 Å². The predicted octanol–water partition coefficient (Wildman–Crippen LogP) is 3.63. The minimum atomic E-state index is -0.0726. The van der Waals surface area contributed by atoms with E-state index < -0.39 is 0 Å². The molecule has 1 heterocycles. The fraction of sp³-hybridized carbons (Fsp3) is 0.600. The van der Waals surface area contributed by atoms with Gasteiger partial charge in [0.1, 0.15) is 0 Å². The lowest BCUT2D eigenvalue weighted by atomic mass is 10.1. The van der Waals surface area contributed by atoms with Gasteiger partial charge in [0.2, 0.25) is 5.91 Å². The standard InChI is InChI=1S/C20H32ClN5O.HI/c1-4-11-26-12-8-16(9-13-26)24-20(22-3)23-10-7-19(27)25-18-6-5-15(2)14-17(18)21;/h5-6,14,16H,4,7-13H2,1-3H3,(H,25,27)(H2,22,23,24);1H. The third-order valence-corrected chi connectivity index (χ3v) is 5.05. The summed E-state index contributed by atoms with van der Waals surface area (Å²) in [6, 6.07) is 6.03. The number of hydrogen-bond donors (Lipinski definition) is 3. The number of piperidine rings is 1. The van der Waals surface area contributed by atoms with E-state index in [0.717, 1.165) is 37.5 Å². The molecule has 28 heavy (non-hydrogen) atoms. The molecule has 0 spiro atoms. The summed E-state index contributed by atoms with van der Waals surface area (Å²) in [5.41, 5.74) is 1.71. The zero-order valence-electron chi connectivity index (χ0n) is 17.1. The molecule has 3 N–H and O–H groups in total. The number of carbonyl (C=O) groups is 1. The molecule has 158 valence electrons. The lowest BCUT2D eigenvalue weighted by Gasteiger charge is -2.32. The van der Waals surface area contributed by atoms with E-state index in [-0.39, 0.29) is 29.9 Å². The number of hydrogen-bond acceptors (Lipinski definition) is 3. The zero-order valence-corrected chi connectivity index (χ0v) is 20.1. The monoisotopic (exact) mass is 521 g/mol. The summed E-state index contributed by atoms with van der Waals surface area (Å²) in [7, 11) is 1.76. The van der Waals surface area contributed by atoms with Crippen molar-refractivity contribution in [2.24, 2.45) is 4.99 Å². The molecule has 1 aliphatic rings. The van der Waals surface area contributed by atoms with Crippen LogP contribution < -0.4 is 16.0 Å². The Balaban J connectivity index is 0.00000392. The van der Waals surface area contributed by atoms with Gasteiger partial charge in [0.15, 0.2) is 5.96 Å². The first-order chi connectivity index (χ1) is 13.0. The van der Waals surface area contributed by atoms with Crippen molar-refractivity contribution in [3.05, 3.63) is 28.8 Å². The Morgan fingerprint density at radius 3 is 2.64 bits per heavy atom. The van der Waals surface area contributed by atoms with E-state index in [4.69, 9.17) is 11.6 Å². The van der Waals surface area contributed by atoms with E-state index >= 15 is 0 Å². The van der Waals surface area contributed by atoms with Crippen molar-refractivity contribution in [3.63, 3.8) is 0 Å². The second-order valence-corrected chi connectivity index (χ2v) is 7.45. The highest BCUT2D eigenvalue weighted by atomic mass is 127. The molecule has 1 aliphatic heterocycles. The van der Waals surface area contributed by atoms with Crippen LogP contribution in [0.5, 0.6) is 0 Å². The number of rotatable bonds is 7. The molecule has 0 aliphatic carbocycles. The molecule has 1 aromatic rings. The van der Waals surface area contributed by atoms with Gasteiger partial charge in [0.05, 0.1) is 10.7 Å². The molecule has 0 aromatic heterocycles. The number of benzene rings is 1. The van der Waals surface area contributed by atoms with Gasteiger partial charge in [-0.05, 0) is 50.4 Å². The lowest BCUT2D eigenvalue weighted by molar-refractivity contribution is -0.116. The summed E-state index contributed by atoms with van der Waals surface area (Å²) in [4.78, 5) is 18.9. The van der Waals surface area contributed by atoms with Crippen molar-refractivity contribution >= 4 is 53.1 Å². The number of guanidine groups is 1. The number of halogens is 2. The van der Waals surface area contributed by atoms with E-state index in [0.29, 0.717) is 29.7 Å². The van der Waals surface area contributed by atoms with Crippen LogP contribution in [0.4, 0.5) is 5.69 Å². The average molecular weight is 522 g/mol. The van der Waals surface area contributed by atoms with Gasteiger partial charge in [-0.15, -0.1) is 24.0 Å². The molecule has 6 nitrogen and oxygen atoms in total. The number of nitrogens with zero attached hydrogens (tertiary/aromatic N) is 2. The maximum absolute atomic E-state index is 12.1. The molecular weight excluding hydrogens is 489 g/mol. The number of likely N-dealkylation sites (tertiary alicyclic amines) is 1. The minimum absolute atomic E-state index is 0.